The second-order valence-corrected chi connectivity index (χ2v) is 6.37. The summed E-state index contributed by atoms with van der Waals surface area (Å²) < 4.78 is 43.3. The van der Waals surface area contributed by atoms with Crippen LogP contribution in [-0.2, 0) is 16.6 Å². The summed E-state index contributed by atoms with van der Waals surface area (Å²) in [6.07, 6.45) is 3.31. The number of hydrogen-bond acceptors (Lipinski definition) is 4. The average Bonchev–Trinajstić information content (AvgIpc) is 2.84. The molecule has 1 aromatic carbocycles. The van der Waals surface area contributed by atoms with E-state index >= 15 is 0 Å². The SMILES string of the molecule is CC(C)n1cncc1COc1ccc(S(N)(=O)=O)cc1F. The van der Waals surface area contributed by atoms with E-state index in [0.717, 1.165) is 11.8 Å². The third-order valence-electron chi connectivity index (χ3n) is 2.91. The third-order valence-corrected chi connectivity index (χ3v) is 3.82. The standard InChI is InChI=1S/C13H16FN3O3S/c1-9(2)17-8-16-6-10(17)7-20-13-4-3-11(5-12(13)14)21(15,18)19/h3-6,8-9H,7H2,1-2H3,(H2,15,18,19). The van der Waals surface area contributed by atoms with Crippen LogP contribution in [0.5, 0.6) is 5.75 Å². The molecule has 0 spiro atoms. The molecule has 0 unspecified atom stereocenters. The summed E-state index contributed by atoms with van der Waals surface area (Å²) in [5, 5.41) is 4.93. The number of benzene rings is 1. The smallest absolute Gasteiger partial charge is 0.238 e. The van der Waals surface area contributed by atoms with Gasteiger partial charge in [0, 0.05) is 6.04 Å². The highest BCUT2D eigenvalue weighted by Crippen LogP contribution is 2.22. The third kappa shape index (κ3) is 3.59. The molecule has 8 heteroatoms. The van der Waals surface area contributed by atoms with Gasteiger partial charge >= 0.3 is 0 Å². The number of ether oxygens (including phenoxy) is 1. The predicted octanol–water partition coefficient (Wildman–Crippen LogP) is 1.83. The first-order chi connectivity index (χ1) is 9.79. The van der Waals surface area contributed by atoms with Gasteiger partial charge in [-0.1, -0.05) is 0 Å². The zero-order valence-corrected chi connectivity index (χ0v) is 12.5. The Morgan fingerprint density at radius 1 is 1.43 bits per heavy atom. The van der Waals surface area contributed by atoms with Crippen LogP contribution < -0.4 is 9.88 Å². The average molecular weight is 313 g/mol. The minimum atomic E-state index is -3.93. The van der Waals surface area contributed by atoms with E-state index in [1.54, 1.807) is 12.5 Å². The maximum atomic E-state index is 13.8. The van der Waals surface area contributed by atoms with Crippen LogP contribution in [0.25, 0.3) is 0 Å². The summed E-state index contributed by atoms with van der Waals surface area (Å²) in [4.78, 5) is 3.73. The van der Waals surface area contributed by atoms with E-state index in [1.165, 1.54) is 12.1 Å². The normalized spacial score (nSPS) is 11.9. The molecule has 0 fully saturated rings. The van der Waals surface area contributed by atoms with Gasteiger partial charge in [0.25, 0.3) is 0 Å². The number of halogens is 1. The van der Waals surface area contributed by atoms with Crippen LogP contribution in [0.1, 0.15) is 25.6 Å². The first-order valence-electron chi connectivity index (χ1n) is 6.25. The highest BCUT2D eigenvalue weighted by Gasteiger charge is 2.13. The second-order valence-electron chi connectivity index (χ2n) is 4.81. The lowest BCUT2D eigenvalue weighted by Gasteiger charge is -2.13. The van der Waals surface area contributed by atoms with E-state index in [1.807, 2.05) is 18.4 Å². The molecule has 21 heavy (non-hydrogen) atoms. The van der Waals surface area contributed by atoms with Crippen molar-refractivity contribution >= 4 is 10.0 Å². The molecule has 0 amide bonds. The molecular weight excluding hydrogens is 297 g/mol. The molecule has 0 saturated heterocycles. The molecule has 0 bridgehead atoms. The van der Waals surface area contributed by atoms with Crippen LogP contribution in [0.15, 0.2) is 35.6 Å². The predicted molar refractivity (Wildman–Crippen MR) is 74.7 cm³/mol. The molecule has 114 valence electrons. The van der Waals surface area contributed by atoms with E-state index < -0.39 is 15.8 Å². The van der Waals surface area contributed by atoms with Crippen molar-refractivity contribution in [3.63, 3.8) is 0 Å². The summed E-state index contributed by atoms with van der Waals surface area (Å²) in [7, 11) is -3.93. The number of aromatic nitrogens is 2. The summed E-state index contributed by atoms with van der Waals surface area (Å²) >= 11 is 0. The number of rotatable bonds is 5. The molecule has 0 aliphatic rings. The minimum absolute atomic E-state index is 0.0427. The Bertz CT molecular complexity index is 741. The molecule has 6 nitrogen and oxygen atoms in total. The van der Waals surface area contributed by atoms with E-state index in [2.05, 4.69) is 4.98 Å². The molecule has 0 atom stereocenters. The van der Waals surface area contributed by atoms with Crippen LogP contribution in [0.2, 0.25) is 0 Å². The molecule has 0 aliphatic carbocycles. The van der Waals surface area contributed by atoms with Crippen molar-refractivity contribution in [3.05, 3.63) is 42.2 Å². The van der Waals surface area contributed by atoms with E-state index in [0.29, 0.717) is 0 Å². The molecule has 2 rings (SSSR count). The summed E-state index contributed by atoms with van der Waals surface area (Å²) in [6, 6.07) is 3.49. The van der Waals surface area contributed by atoms with Gasteiger partial charge < -0.3 is 9.30 Å². The first kappa shape index (κ1) is 15.5. The Balaban J connectivity index is 2.16. The Morgan fingerprint density at radius 2 is 2.14 bits per heavy atom. The molecule has 0 aliphatic heterocycles. The Labute approximate surface area is 122 Å². The lowest BCUT2D eigenvalue weighted by atomic mass is 10.3. The van der Waals surface area contributed by atoms with Gasteiger partial charge in [-0.2, -0.15) is 0 Å². The van der Waals surface area contributed by atoms with Crippen molar-refractivity contribution in [3.8, 4) is 5.75 Å². The fraction of sp³-hybridized carbons (Fsp3) is 0.308. The van der Waals surface area contributed by atoms with Gasteiger partial charge in [0.1, 0.15) is 6.61 Å². The monoisotopic (exact) mass is 313 g/mol. The number of nitrogens with two attached hydrogens (primary N) is 1. The maximum Gasteiger partial charge on any atom is 0.238 e. The van der Waals surface area contributed by atoms with Gasteiger partial charge in [0.15, 0.2) is 11.6 Å². The van der Waals surface area contributed by atoms with Crippen molar-refractivity contribution in [2.45, 2.75) is 31.4 Å². The molecule has 0 radical (unpaired) electrons. The van der Waals surface area contributed by atoms with Gasteiger partial charge in [-0.05, 0) is 32.0 Å². The number of hydrogen-bond donors (Lipinski definition) is 1. The quantitative estimate of drug-likeness (QED) is 0.912. The van der Waals surface area contributed by atoms with Gasteiger partial charge in [0.2, 0.25) is 10.0 Å². The lowest BCUT2D eigenvalue weighted by molar-refractivity contribution is 0.277. The zero-order chi connectivity index (χ0) is 15.6. The van der Waals surface area contributed by atoms with Gasteiger partial charge in [-0.3, -0.25) is 0 Å². The molecular formula is C13H16FN3O3S. The fourth-order valence-electron chi connectivity index (χ4n) is 1.84. The van der Waals surface area contributed by atoms with Crippen LogP contribution in [0.3, 0.4) is 0 Å². The highest BCUT2D eigenvalue weighted by atomic mass is 32.2. The van der Waals surface area contributed by atoms with E-state index in [9.17, 15) is 12.8 Å². The molecule has 1 heterocycles. The fourth-order valence-corrected chi connectivity index (χ4v) is 2.36. The van der Waals surface area contributed by atoms with Crippen LogP contribution in [0, 0.1) is 5.82 Å². The Kier molecular flexibility index (Phi) is 4.29. The molecule has 2 aromatic rings. The van der Waals surface area contributed by atoms with Crippen molar-refractivity contribution in [1.82, 2.24) is 9.55 Å². The van der Waals surface area contributed by atoms with Crippen LogP contribution >= 0.6 is 0 Å². The van der Waals surface area contributed by atoms with Crippen LogP contribution in [-0.4, -0.2) is 18.0 Å². The van der Waals surface area contributed by atoms with E-state index in [4.69, 9.17) is 9.88 Å². The summed E-state index contributed by atoms with van der Waals surface area (Å²) in [5.41, 5.74) is 0.792. The van der Waals surface area contributed by atoms with E-state index in [-0.39, 0.29) is 23.3 Å². The van der Waals surface area contributed by atoms with Gasteiger partial charge in [-0.25, -0.2) is 22.9 Å². The van der Waals surface area contributed by atoms with Gasteiger partial charge in [0.05, 0.1) is 23.1 Å². The Morgan fingerprint density at radius 3 is 2.71 bits per heavy atom. The highest BCUT2D eigenvalue weighted by molar-refractivity contribution is 7.89. The summed E-state index contributed by atoms with van der Waals surface area (Å²) in [6.45, 7) is 4.11. The Hall–Kier alpha value is -1.93. The first-order valence-corrected chi connectivity index (χ1v) is 7.79. The van der Waals surface area contributed by atoms with Crippen molar-refractivity contribution in [2.24, 2.45) is 5.14 Å². The molecule has 0 saturated carbocycles. The second kappa shape index (κ2) is 5.82. The number of sulfonamides is 1. The maximum absolute atomic E-state index is 13.8. The number of imidazole rings is 1. The lowest BCUT2D eigenvalue weighted by Crippen LogP contribution is -2.12. The number of nitrogens with zero attached hydrogens (tertiary/aromatic N) is 2. The number of primary sulfonamides is 1. The molecule has 2 N–H and O–H groups in total. The van der Waals surface area contributed by atoms with Crippen molar-refractivity contribution < 1.29 is 17.5 Å². The largest absolute Gasteiger partial charge is 0.484 e. The van der Waals surface area contributed by atoms with Crippen LogP contribution in [0.4, 0.5) is 4.39 Å². The summed E-state index contributed by atoms with van der Waals surface area (Å²) in [5.74, 6) is -0.823. The van der Waals surface area contributed by atoms with Gasteiger partial charge in [-0.15, -0.1) is 0 Å². The van der Waals surface area contributed by atoms with Crippen molar-refractivity contribution in [2.75, 3.05) is 0 Å². The minimum Gasteiger partial charge on any atom is -0.484 e. The molecule has 1 aromatic heterocycles. The topological polar surface area (TPSA) is 87.2 Å². The zero-order valence-electron chi connectivity index (χ0n) is 11.7. The van der Waals surface area contributed by atoms with Crippen molar-refractivity contribution in [1.29, 1.82) is 0 Å².